The van der Waals surface area contributed by atoms with Crippen LogP contribution < -0.4 is 5.32 Å². The molecule has 0 bridgehead atoms. The van der Waals surface area contributed by atoms with Crippen molar-refractivity contribution in [3.63, 3.8) is 0 Å². The molecule has 1 amide bonds. The molecule has 32 heavy (non-hydrogen) atoms. The van der Waals surface area contributed by atoms with Crippen LogP contribution in [0, 0.1) is 5.41 Å². The summed E-state index contributed by atoms with van der Waals surface area (Å²) in [6, 6.07) is 5.31. The zero-order valence-corrected chi connectivity index (χ0v) is 16.5. The van der Waals surface area contributed by atoms with Crippen molar-refractivity contribution in [1.82, 2.24) is 15.3 Å². The van der Waals surface area contributed by atoms with Crippen molar-refractivity contribution in [2.45, 2.75) is 31.2 Å². The lowest BCUT2D eigenvalue weighted by Gasteiger charge is -2.32. The third kappa shape index (κ3) is 5.99. The highest BCUT2D eigenvalue weighted by Crippen LogP contribution is 2.37. The van der Waals surface area contributed by atoms with E-state index in [4.69, 9.17) is 20.4 Å². The molecular weight excluding hydrogens is 441 g/mol. The van der Waals surface area contributed by atoms with Crippen LogP contribution in [0.1, 0.15) is 12.1 Å². The highest BCUT2D eigenvalue weighted by atomic mass is 19.4. The van der Waals surface area contributed by atoms with Gasteiger partial charge in [-0.3, -0.25) is 9.78 Å². The Labute approximate surface area is 179 Å². The number of aliphatic hydroxyl groups excluding tert-OH is 2. The molecule has 0 aliphatic carbocycles. The summed E-state index contributed by atoms with van der Waals surface area (Å²) in [7, 11) is 0. The fourth-order valence-corrected chi connectivity index (χ4v) is 3.23. The molecule has 176 valence electrons. The molecular formula is C18H21F3N4O7. The van der Waals surface area contributed by atoms with Crippen LogP contribution in [0.2, 0.25) is 0 Å². The van der Waals surface area contributed by atoms with Crippen LogP contribution in [-0.2, 0) is 20.8 Å². The normalized spacial score (nSPS) is 22.2. The Hall–Kier alpha value is -3.10. The standard InChI is InChI=1S/C14H15F3N4O.C4H6O6/c15-14(16,17)9-21-12(22)13(7-10-3-1-2-5-19-10)8-18-6-4-11(13)20-21;5-1(3(7)8)2(6)4(9)10/h1-3,5,18H,4,6-9H2;1-2,5-6H,(H,7,8)(H,9,10)/t13-;1-,2-/m10/s1. The van der Waals surface area contributed by atoms with Gasteiger partial charge in [0.25, 0.3) is 5.91 Å². The number of carbonyl (C=O) groups excluding carboxylic acids is 1. The minimum atomic E-state index is -4.47. The number of nitrogens with one attached hydrogen (secondary N) is 1. The monoisotopic (exact) mass is 462 g/mol. The van der Waals surface area contributed by atoms with Crippen molar-refractivity contribution in [3.05, 3.63) is 30.1 Å². The van der Waals surface area contributed by atoms with E-state index in [1.165, 1.54) is 0 Å². The molecule has 14 heteroatoms. The van der Waals surface area contributed by atoms with Gasteiger partial charge in [0.2, 0.25) is 0 Å². The first-order chi connectivity index (χ1) is 14.9. The number of carbonyl (C=O) groups is 3. The first-order valence-corrected chi connectivity index (χ1v) is 9.26. The number of carboxylic acids is 2. The van der Waals surface area contributed by atoms with Gasteiger partial charge in [0.1, 0.15) is 12.0 Å². The number of amides is 1. The number of aliphatic hydroxyl groups is 2. The molecule has 1 saturated heterocycles. The smallest absolute Gasteiger partial charge is 0.408 e. The fourth-order valence-electron chi connectivity index (χ4n) is 3.23. The molecule has 0 unspecified atom stereocenters. The SMILES string of the molecule is O=C(O)[C@@H](O)[C@H](O)C(=O)O.O=C1N(CC(F)(F)F)N=C2CCNC[C@@]12Cc1ccccn1. The molecule has 0 spiro atoms. The maximum Gasteiger partial charge on any atom is 0.408 e. The van der Waals surface area contributed by atoms with E-state index in [0.29, 0.717) is 29.4 Å². The Bertz CT molecular complexity index is 863. The molecule has 1 aromatic heterocycles. The number of carboxylic acid groups (broad SMARTS) is 2. The molecule has 0 saturated carbocycles. The third-order valence-corrected chi connectivity index (χ3v) is 4.75. The average Bonchev–Trinajstić information content (AvgIpc) is 2.98. The lowest BCUT2D eigenvalue weighted by Crippen LogP contribution is -2.53. The topological polar surface area (TPSA) is 173 Å². The van der Waals surface area contributed by atoms with E-state index in [1.54, 1.807) is 24.4 Å². The van der Waals surface area contributed by atoms with E-state index in [2.05, 4.69) is 15.4 Å². The second kappa shape index (κ2) is 10.0. The number of rotatable bonds is 6. The van der Waals surface area contributed by atoms with Crippen molar-refractivity contribution >= 4 is 23.6 Å². The van der Waals surface area contributed by atoms with Gasteiger partial charge in [0.05, 0.1) is 5.71 Å². The molecule has 2 aliphatic rings. The second-order valence-electron chi connectivity index (χ2n) is 7.10. The van der Waals surface area contributed by atoms with E-state index in [9.17, 15) is 27.6 Å². The summed E-state index contributed by atoms with van der Waals surface area (Å²) < 4.78 is 37.9. The number of aromatic nitrogens is 1. The maximum absolute atomic E-state index is 12.6. The van der Waals surface area contributed by atoms with Crippen LogP contribution in [0.5, 0.6) is 0 Å². The maximum atomic E-state index is 12.6. The predicted octanol–water partition coefficient (Wildman–Crippen LogP) is -0.758. The van der Waals surface area contributed by atoms with Gasteiger partial charge >= 0.3 is 18.1 Å². The molecule has 5 N–H and O–H groups in total. The van der Waals surface area contributed by atoms with Gasteiger partial charge < -0.3 is 25.7 Å². The third-order valence-electron chi connectivity index (χ3n) is 4.75. The first kappa shape index (κ1) is 25.2. The summed E-state index contributed by atoms with van der Waals surface area (Å²) in [6.45, 7) is -0.454. The zero-order valence-electron chi connectivity index (χ0n) is 16.5. The summed E-state index contributed by atoms with van der Waals surface area (Å²) in [4.78, 5) is 36.3. The number of alkyl halides is 3. The van der Waals surface area contributed by atoms with E-state index in [-0.39, 0.29) is 13.0 Å². The van der Waals surface area contributed by atoms with Gasteiger partial charge in [0, 0.05) is 37.8 Å². The zero-order chi connectivity index (χ0) is 24.1. The Morgan fingerprint density at radius 2 is 1.81 bits per heavy atom. The molecule has 2 aliphatic heterocycles. The van der Waals surface area contributed by atoms with Crippen LogP contribution in [0.3, 0.4) is 0 Å². The largest absolute Gasteiger partial charge is 0.479 e. The molecule has 11 nitrogen and oxygen atoms in total. The minimum Gasteiger partial charge on any atom is -0.479 e. The lowest BCUT2D eigenvalue weighted by atomic mass is 9.75. The highest BCUT2D eigenvalue weighted by molar-refractivity contribution is 6.13. The van der Waals surface area contributed by atoms with Gasteiger partial charge in [0.15, 0.2) is 12.2 Å². The molecule has 0 aromatic carbocycles. The van der Waals surface area contributed by atoms with E-state index in [0.717, 1.165) is 0 Å². The molecule has 3 atom stereocenters. The van der Waals surface area contributed by atoms with Crippen LogP contribution in [0.4, 0.5) is 13.2 Å². The Morgan fingerprint density at radius 3 is 2.31 bits per heavy atom. The van der Waals surface area contributed by atoms with Crippen LogP contribution in [0.25, 0.3) is 0 Å². The highest BCUT2D eigenvalue weighted by Gasteiger charge is 2.53. The summed E-state index contributed by atoms with van der Waals surface area (Å²) >= 11 is 0. The van der Waals surface area contributed by atoms with Crippen LogP contribution in [0.15, 0.2) is 29.5 Å². The van der Waals surface area contributed by atoms with E-state index in [1.807, 2.05) is 0 Å². The number of pyridine rings is 1. The molecule has 1 fully saturated rings. The number of hydrogen-bond acceptors (Lipinski definition) is 8. The number of aliphatic carboxylic acids is 2. The Balaban J connectivity index is 0.000000309. The number of piperidine rings is 1. The van der Waals surface area contributed by atoms with Crippen molar-refractivity contribution in [2.75, 3.05) is 19.6 Å². The van der Waals surface area contributed by atoms with Crippen molar-refractivity contribution < 1.29 is 48.0 Å². The number of nitrogens with zero attached hydrogens (tertiary/aromatic N) is 3. The first-order valence-electron chi connectivity index (χ1n) is 9.26. The van der Waals surface area contributed by atoms with Gasteiger partial charge in [-0.05, 0) is 12.1 Å². The number of hydrazone groups is 1. The Morgan fingerprint density at radius 1 is 1.19 bits per heavy atom. The van der Waals surface area contributed by atoms with E-state index < -0.39 is 48.2 Å². The number of fused-ring (bicyclic) bond motifs is 1. The van der Waals surface area contributed by atoms with Gasteiger partial charge in [-0.2, -0.15) is 18.3 Å². The fraction of sp³-hybridized carbons (Fsp3) is 0.500. The molecule has 1 aromatic rings. The van der Waals surface area contributed by atoms with Gasteiger partial charge in [-0.15, -0.1) is 0 Å². The average molecular weight is 462 g/mol. The minimum absolute atomic E-state index is 0.257. The summed E-state index contributed by atoms with van der Waals surface area (Å²) in [5.74, 6) is -4.14. The second-order valence-corrected chi connectivity index (χ2v) is 7.10. The van der Waals surface area contributed by atoms with Crippen molar-refractivity contribution in [1.29, 1.82) is 0 Å². The van der Waals surface area contributed by atoms with Crippen LogP contribution >= 0.6 is 0 Å². The quantitative estimate of drug-likeness (QED) is 0.364. The molecule has 0 radical (unpaired) electrons. The summed E-state index contributed by atoms with van der Waals surface area (Å²) in [6.07, 6.45) is -6.67. The van der Waals surface area contributed by atoms with Crippen molar-refractivity contribution in [3.8, 4) is 0 Å². The predicted molar refractivity (Wildman–Crippen MR) is 100 cm³/mol. The van der Waals surface area contributed by atoms with E-state index >= 15 is 0 Å². The number of halogens is 3. The lowest BCUT2D eigenvalue weighted by molar-refractivity contribution is -0.165. The Kier molecular flexibility index (Phi) is 7.87. The summed E-state index contributed by atoms with van der Waals surface area (Å²) in [5, 5.41) is 40.1. The number of hydrogen-bond donors (Lipinski definition) is 5. The van der Waals surface area contributed by atoms with Crippen molar-refractivity contribution in [2.24, 2.45) is 10.5 Å². The van der Waals surface area contributed by atoms with Crippen LogP contribution in [-0.4, -0.2) is 92.0 Å². The van der Waals surface area contributed by atoms with Gasteiger partial charge in [-0.1, -0.05) is 6.07 Å². The summed E-state index contributed by atoms with van der Waals surface area (Å²) in [5.41, 5.74) is 0.143. The molecule has 3 rings (SSSR count). The van der Waals surface area contributed by atoms with Gasteiger partial charge in [-0.25, -0.2) is 14.6 Å². The molecule has 3 heterocycles.